The Kier molecular flexibility index (Phi) is 4.20. The topological polar surface area (TPSA) is 94.3 Å². The van der Waals surface area contributed by atoms with E-state index in [4.69, 9.17) is 4.74 Å². The second-order valence-electron chi connectivity index (χ2n) is 8.13. The molecule has 2 aliphatic carbocycles. The largest absolute Gasteiger partial charge is 0.484 e. The van der Waals surface area contributed by atoms with Gasteiger partial charge in [-0.1, -0.05) is 26.8 Å². The minimum Gasteiger partial charge on any atom is -0.484 e. The number of amides is 1. The molecule has 2 aliphatic rings. The minimum absolute atomic E-state index is 0.0754. The summed E-state index contributed by atoms with van der Waals surface area (Å²) < 4.78 is 7.11. The first-order valence-electron chi connectivity index (χ1n) is 9.22. The van der Waals surface area contributed by atoms with Crippen LogP contribution >= 0.6 is 0 Å². The number of carbonyl (C=O) groups excluding carboxylic acids is 1. The summed E-state index contributed by atoms with van der Waals surface area (Å²) >= 11 is 0. The number of rotatable bonds is 5. The molecule has 142 valence electrons. The predicted molar refractivity (Wildman–Crippen MR) is 99.5 cm³/mol. The highest BCUT2D eigenvalue weighted by Crippen LogP contribution is 2.63. The Morgan fingerprint density at radius 3 is 2.93 bits per heavy atom. The molecule has 1 aromatic carbocycles. The Hall–Kier alpha value is -2.77. The molecule has 2 atom stereocenters. The second kappa shape index (κ2) is 6.44. The first-order valence-corrected chi connectivity index (χ1v) is 9.22. The molecule has 1 amide bonds. The molecule has 27 heavy (non-hydrogen) atoms. The zero-order chi connectivity index (χ0) is 19.1. The van der Waals surface area contributed by atoms with Crippen molar-refractivity contribution in [3.05, 3.63) is 30.6 Å². The summed E-state index contributed by atoms with van der Waals surface area (Å²) in [6.45, 7) is 6.80. The molecule has 2 unspecified atom stereocenters. The lowest BCUT2D eigenvalue weighted by Crippen LogP contribution is -2.35. The first kappa shape index (κ1) is 17.6. The number of ether oxygens (including phenoxy) is 1. The van der Waals surface area contributed by atoms with Gasteiger partial charge in [0.25, 0.3) is 5.91 Å². The number of hydrogen-bond acceptors (Lipinski definition) is 6. The highest BCUT2D eigenvalue weighted by molar-refractivity contribution is 5.95. The van der Waals surface area contributed by atoms with Crippen LogP contribution in [0.3, 0.4) is 0 Å². The Balaban J connectivity index is 1.35. The van der Waals surface area contributed by atoms with Crippen LogP contribution < -0.4 is 10.2 Å². The van der Waals surface area contributed by atoms with Gasteiger partial charge in [0.2, 0.25) is 0 Å². The fourth-order valence-electron chi connectivity index (χ4n) is 4.40. The number of fused-ring (bicyclic) bond motifs is 2. The number of tetrazole rings is 1. The molecule has 8 heteroatoms. The van der Waals surface area contributed by atoms with Gasteiger partial charge in [0.05, 0.1) is 5.69 Å². The van der Waals surface area contributed by atoms with E-state index in [1.54, 1.807) is 12.1 Å². The van der Waals surface area contributed by atoms with Gasteiger partial charge in [-0.15, -0.1) is 5.10 Å². The van der Waals surface area contributed by atoms with E-state index in [1.807, 2.05) is 12.1 Å². The molecule has 8 nitrogen and oxygen atoms in total. The van der Waals surface area contributed by atoms with Crippen LogP contribution in [0.2, 0.25) is 0 Å². The standard InChI is InChI=1S/C19H24N6O2/c1-18(2)13-7-8-19(18,3)16(9-13)21-22-17(26)11-27-15-6-4-5-14(10-15)25-12-20-23-24-25/h4-6,10,12-13H,7-9,11H2,1-3H3,(H,22,26)/b21-16-. The van der Waals surface area contributed by atoms with Crippen molar-refractivity contribution in [3.8, 4) is 11.4 Å². The van der Waals surface area contributed by atoms with E-state index in [9.17, 15) is 4.79 Å². The maximum atomic E-state index is 12.2. The first-order chi connectivity index (χ1) is 12.9. The van der Waals surface area contributed by atoms with Crippen molar-refractivity contribution >= 4 is 11.6 Å². The molecule has 0 saturated heterocycles. The highest BCUT2D eigenvalue weighted by Gasteiger charge is 2.59. The van der Waals surface area contributed by atoms with Crippen LogP contribution in [0.25, 0.3) is 5.69 Å². The third-order valence-corrected chi connectivity index (χ3v) is 6.63. The SMILES string of the molecule is CC12CCC(C/C1=N/NC(=O)COc1cccc(-n3cnnn3)c1)C2(C)C. The monoisotopic (exact) mass is 368 g/mol. The van der Waals surface area contributed by atoms with Gasteiger partial charge in [-0.05, 0) is 53.2 Å². The zero-order valence-corrected chi connectivity index (χ0v) is 15.8. The molecular formula is C19H24N6O2. The van der Waals surface area contributed by atoms with Gasteiger partial charge >= 0.3 is 0 Å². The van der Waals surface area contributed by atoms with Crippen LogP contribution in [0.4, 0.5) is 0 Å². The van der Waals surface area contributed by atoms with E-state index in [-0.39, 0.29) is 23.3 Å². The molecule has 2 saturated carbocycles. The van der Waals surface area contributed by atoms with Crippen molar-refractivity contribution < 1.29 is 9.53 Å². The van der Waals surface area contributed by atoms with Crippen LogP contribution in [0.15, 0.2) is 35.7 Å². The smallest absolute Gasteiger partial charge is 0.277 e. The summed E-state index contributed by atoms with van der Waals surface area (Å²) in [6.07, 6.45) is 4.86. The Labute approximate surface area is 158 Å². The molecule has 0 aliphatic heterocycles. The van der Waals surface area contributed by atoms with Crippen molar-refractivity contribution in [1.82, 2.24) is 25.6 Å². The molecule has 4 rings (SSSR count). The van der Waals surface area contributed by atoms with Crippen molar-refractivity contribution in [1.29, 1.82) is 0 Å². The lowest BCUT2D eigenvalue weighted by atomic mass is 9.70. The molecule has 1 heterocycles. The van der Waals surface area contributed by atoms with Crippen LogP contribution in [0.5, 0.6) is 5.75 Å². The van der Waals surface area contributed by atoms with Gasteiger partial charge in [0, 0.05) is 17.2 Å². The number of hydrogen-bond donors (Lipinski definition) is 1. The maximum Gasteiger partial charge on any atom is 0.277 e. The summed E-state index contributed by atoms with van der Waals surface area (Å²) in [5.74, 6) is 0.960. The van der Waals surface area contributed by atoms with E-state index in [0.29, 0.717) is 11.7 Å². The van der Waals surface area contributed by atoms with E-state index in [2.05, 4.69) is 46.8 Å². The summed E-state index contributed by atoms with van der Waals surface area (Å²) in [7, 11) is 0. The second-order valence-corrected chi connectivity index (χ2v) is 8.13. The van der Waals surface area contributed by atoms with E-state index in [0.717, 1.165) is 24.2 Å². The molecule has 2 aromatic rings. The molecular weight excluding hydrogens is 344 g/mol. The van der Waals surface area contributed by atoms with Crippen molar-refractivity contribution in [2.45, 2.75) is 40.0 Å². The summed E-state index contributed by atoms with van der Waals surface area (Å²) in [5, 5.41) is 15.5. The van der Waals surface area contributed by atoms with Gasteiger partial charge in [-0.3, -0.25) is 4.79 Å². The zero-order valence-electron chi connectivity index (χ0n) is 15.8. The van der Waals surface area contributed by atoms with Crippen LogP contribution in [-0.4, -0.2) is 38.4 Å². The van der Waals surface area contributed by atoms with Gasteiger partial charge < -0.3 is 4.74 Å². The normalized spacial score (nSPS) is 27.1. The van der Waals surface area contributed by atoms with Gasteiger partial charge in [0.15, 0.2) is 6.61 Å². The van der Waals surface area contributed by atoms with Crippen LogP contribution in [0, 0.1) is 16.7 Å². The molecule has 1 aromatic heterocycles. The molecule has 1 N–H and O–H groups in total. The Bertz CT molecular complexity index is 876. The number of nitrogens with zero attached hydrogens (tertiary/aromatic N) is 5. The number of hydrazone groups is 1. The lowest BCUT2D eigenvalue weighted by molar-refractivity contribution is -0.123. The number of benzene rings is 1. The summed E-state index contributed by atoms with van der Waals surface area (Å²) in [5.41, 5.74) is 4.86. The summed E-state index contributed by atoms with van der Waals surface area (Å²) in [6, 6.07) is 7.23. The van der Waals surface area contributed by atoms with E-state index in [1.165, 1.54) is 17.4 Å². The number of nitrogens with one attached hydrogen (secondary N) is 1. The Morgan fingerprint density at radius 1 is 1.41 bits per heavy atom. The minimum atomic E-state index is -0.264. The fraction of sp³-hybridized carbons (Fsp3) is 0.526. The summed E-state index contributed by atoms with van der Waals surface area (Å²) in [4.78, 5) is 12.2. The van der Waals surface area contributed by atoms with Crippen LogP contribution in [-0.2, 0) is 4.79 Å². The predicted octanol–water partition coefficient (Wildman–Crippen LogP) is 2.36. The fourth-order valence-corrected chi connectivity index (χ4v) is 4.40. The van der Waals surface area contributed by atoms with E-state index < -0.39 is 0 Å². The van der Waals surface area contributed by atoms with Crippen LogP contribution in [0.1, 0.15) is 40.0 Å². The van der Waals surface area contributed by atoms with Gasteiger partial charge in [-0.25, -0.2) is 10.1 Å². The molecule has 0 radical (unpaired) electrons. The highest BCUT2D eigenvalue weighted by atomic mass is 16.5. The third-order valence-electron chi connectivity index (χ3n) is 6.63. The number of carbonyl (C=O) groups is 1. The van der Waals surface area contributed by atoms with Gasteiger partial charge in [-0.2, -0.15) is 5.10 Å². The molecule has 2 fully saturated rings. The quantitative estimate of drug-likeness (QED) is 0.818. The van der Waals surface area contributed by atoms with Crippen molar-refractivity contribution in [2.75, 3.05) is 6.61 Å². The van der Waals surface area contributed by atoms with Gasteiger partial charge in [0.1, 0.15) is 12.1 Å². The Morgan fingerprint density at radius 2 is 2.26 bits per heavy atom. The molecule has 0 spiro atoms. The van der Waals surface area contributed by atoms with E-state index >= 15 is 0 Å². The lowest BCUT2D eigenvalue weighted by Gasteiger charge is -2.34. The van der Waals surface area contributed by atoms with Crippen molar-refractivity contribution in [2.24, 2.45) is 21.8 Å². The van der Waals surface area contributed by atoms with Crippen molar-refractivity contribution in [3.63, 3.8) is 0 Å². The average Bonchev–Trinajstić information content (AvgIpc) is 3.31. The third kappa shape index (κ3) is 2.98. The average molecular weight is 368 g/mol. The molecule has 2 bridgehead atoms. The maximum absolute atomic E-state index is 12.2. The number of aromatic nitrogens is 4.